The summed E-state index contributed by atoms with van der Waals surface area (Å²) in [5.41, 5.74) is -0.164. The predicted octanol–water partition coefficient (Wildman–Crippen LogP) is 0.934. The molecule has 70 valence electrons. The van der Waals surface area contributed by atoms with Gasteiger partial charge < -0.3 is 14.6 Å². The lowest BCUT2D eigenvalue weighted by Crippen LogP contribution is -2.54. The Hall–Kier alpha value is -0.380. The first kappa shape index (κ1) is 9.71. The van der Waals surface area contributed by atoms with E-state index in [4.69, 9.17) is 9.47 Å². The molecular weight excluding hydrogens is 156 g/mol. The van der Waals surface area contributed by atoms with Crippen molar-refractivity contribution in [2.75, 3.05) is 19.8 Å². The fourth-order valence-electron chi connectivity index (χ4n) is 1.23. The zero-order valence-electron chi connectivity index (χ0n) is 7.45. The molecule has 0 aromatic rings. The molecule has 1 rings (SSSR count). The second kappa shape index (κ2) is 4.03. The van der Waals surface area contributed by atoms with Gasteiger partial charge in [-0.25, -0.2) is 0 Å². The second-order valence-corrected chi connectivity index (χ2v) is 3.18. The molecule has 2 unspecified atom stereocenters. The van der Waals surface area contributed by atoms with E-state index in [1.807, 2.05) is 6.92 Å². The molecule has 1 fully saturated rings. The lowest BCUT2D eigenvalue weighted by atomic mass is 9.82. The molecule has 0 spiro atoms. The van der Waals surface area contributed by atoms with Crippen molar-refractivity contribution in [1.82, 2.24) is 0 Å². The molecular formula is C9H16O3. The average molecular weight is 172 g/mol. The highest BCUT2D eigenvalue weighted by Gasteiger charge is 2.46. The first-order chi connectivity index (χ1) is 5.75. The van der Waals surface area contributed by atoms with Gasteiger partial charge >= 0.3 is 0 Å². The molecule has 1 saturated heterocycles. The van der Waals surface area contributed by atoms with Gasteiger partial charge in [-0.1, -0.05) is 13.0 Å². The normalized spacial score (nSPS) is 34.3. The van der Waals surface area contributed by atoms with Crippen LogP contribution in [0.3, 0.4) is 0 Å². The summed E-state index contributed by atoms with van der Waals surface area (Å²) in [4.78, 5) is 0. The highest BCUT2D eigenvalue weighted by Crippen LogP contribution is 2.36. The first-order valence-corrected chi connectivity index (χ1v) is 4.23. The highest BCUT2D eigenvalue weighted by atomic mass is 16.6. The molecule has 0 aromatic carbocycles. The van der Waals surface area contributed by atoms with Crippen LogP contribution < -0.4 is 0 Å². The average Bonchev–Trinajstić information content (AvgIpc) is 2.10. The molecule has 0 aromatic heterocycles. The van der Waals surface area contributed by atoms with Gasteiger partial charge in [0.15, 0.2) is 6.29 Å². The molecule has 0 radical (unpaired) electrons. The smallest absolute Gasteiger partial charge is 0.164 e. The molecule has 1 aliphatic rings. The van der Waals surface area contributed by atoms with Crippen molar-refractivity contribution < 1.29 is 14.6 Å². The van der Waals surface area contributed by atoms with Crippen LogP contribution in [0.2, 0.25) is 0 Å². The third-order valence-electron chi connectivity index (χ3n) is 2.38. The van der Waals surface area contributed by atoms with Crippen LogP contribution in [0.1, 0.15) is 13.3 Å². The number of aliphatic hydroxyl groups excluding tert-OH is 1. The van der Waals surface area contributed by atoms with Crippen molar-refractivity contribution >= 4 is 0 Å². The molecule has 0 bridgehead atoms. The van der Waals surface area contributed by atoms with Crippen LogP contribution in [0.15, 0.2) is 12.7 Å². The van der Waals surface area contributed by atoms with E-state index in [0.29, 0.717) is 19.8 Å². The molecule has 3 nitrogen and oxygen atoms in total. The van der Waals surface area contributed by atoms with Gasteiger partial charge in [0.25, 0.3) is 0 Å². The Morgan fingerprint density at radius 3 is 2.92 bits per heavy atom. The van der Waals surface area contributed by atoms with Crippen LogP contribution in [-0.2, 0) is 9.47 Å². The van der Waals surface area contributed by atoms with Gasteiger partial charge in [-0.3, -0.25) is 0 Å². The van der Waals surface area contributed by atoms with E-state index in [9.17, 15) is 5.11 Å². The van der Waals surface area contributed by atoms with Gasteiger partial charge in [-0.2, -0.15) is 0 Å². The quantitative estimate of drug-likeness (QED) is 0.495. The van der Waals surface area contributed by atoms with Crippen molar-refractivity contribution in [1.29, 1.82) is 0 Å². The van der Waals surface area contributed by atoms with Gasteiger partial charge in [0.1, 0.15) is 0 Å². The topological polar surface area (TPSA) is 38.7 Å². The zero-order valence-corrected chi connectivity index (χ0v) is 7.45. The Morgan fingerprint density at radius 2 is 2.58 bits per heavy atom. The summed E-state index contributed by atoms with van der Waals surface area (Å²) in [6, 6.07) is 0. The van der Waals surface area contributed by atoms with E-state index in [-0.39, 0.29) is 5.41 Å². The molecule has 0 aliphatic carbocycles. The summed E-state index contributed by atoms with van der Waals surface area (Å²) >= 11 is 0. The van der Waals surface area contributed by atoms with Crippen LogP contribution in [-0.4, -0.2) is 31.2 Å². The maximum atomic E-state index is 9.33. The van der Waals surface area contributed by atoms with E-state index in [1.165, 1.54) is 0 Å². The number of aliphatic hydroxyl groups is 1. The van der Waals surface area contributed by atoms with E-state index in [1.54, 1.807) is 6.08 Å². The Kier molecular flexibility index (Phi) is 3.26. The molecule has 1 heterocycles. The summed E-state index contributed by atoms with van der Waals surface area (Å²) in [6.07, 6.45) is 1.94. The lowest BCUT2D eigenvalue weighted by molar-refractivity contribution is -0.302. The SMILES string of the molecule is C=CCOCC1(CC)COC1O. The highest BCUT2D eigenvalue weighted by molar-refractivity contribution is 4.88. The Morgan fingerprint density at radius 1 is 1.83 bits per heavy atom. The number of hydrogen-bond acceptors (Lipinski definition) is 3. The molecule has 0 amide bonds. The number of rotatable bonds is 5. The van der Waals surface area contributed by atoms with Crippen LogP contribution in [0.4, 0.5) is 0 Å². The lowest BCUT2D eigenvalue weighted by Gasteiger charge is -2.45. The monoisotopic (exact) mass is 172 g/mol. The molecule has 12 heavy (non-hydrogen) atoms. The molecule has 0 saturated carbocycles. The fraction of sp³-hybridized carbons (Fsp3) is 0.778. The van der Waals surface area contributed by atoms with E-state index < -0.39 is 6.29 Å². The summed E-state index contributed by atoms with van der Waals surface area (Å²) in [7, 11) is 0. The van der Waals surface area contributed by atoms with Gasteiger partial charge in [0.2, 0.25) is 0 Å². The third kappa shape index (κ3) is 1.68. The Labute approximate surface area is 73.0 Å². The molecule has 2 atom stereocenters. The molecule has 3 heteroatoms. The minimum atomic E-state index is -0.646. The van der Waals surface area contributed by atoms with Crippen molar-refractivity contribution in [2.24, 2.45) is 5.41 Å². The Bertz CT molecular complexity index is 154. The van der Waals surface area contributed by atoms with Crippen LogP contribution in [0.25, 0.3) is 0 Å². The van der Waals surface area contributed by atoms with Crippen LogP contribution in [0.5, 0.6) is 0 Å². The fourth-order valence-corrected chi connectivity index (χ4v) is 1.23. The maximum Gasteiger partial charge on any atom is 0.164 e. The summed E-state index contributed by atoms with van der Waals surface area (Å²) in [5, 5.41) is 9.33. The minimum Gasteiger partial charge on any atom is -0.377 e. The first-order valence-electron chi connectivity index (χ1n) is 4.23. The van der Waals surface area contributed by atoms with Crippen molar-refractivity contribution in [3.8, 4) is 0 Å². The van der Waals surface area contributed by atoms with Crippen molar-refractivity contribution in [3.05, 3.63) is 12.7 Å². The second-order valence-electron chi connectivity index (χ2n) is 3.18. The number of hydrogen-bond donors (Lipinski definition) is 1. The van der Waals surface area contributed by atoms with Crippen LogP contribution in [0, 0.1) is 5.41 Å². The largest absolute Gasteiger partial charge is 0.377 e. The number of ether oxygens (including phenoxy) is 2. The minimum absolute atomic E-state index is 0.164. The maximum absolute atomic E-state index is 9.33. The van der Waals surface area contributed by atoms with Gasteiger partial charge in [-0.05, 0) is 6.42 Å². The molecule has 1 aliphatic heterocycles. The van der Waals surface area contributed by atoms with Gasteiger partial charge in [0, 0.05) is 0 Å². The third-order valence-corrected chi connectivity index (χ3v) is 2.38. The summed E-state index contributed by atoms with van der Waals surface area (Å²) in [6.45, 7) is 7.27. The van der Waals surface area contributed by atoms with Crippen molar-refractivity contribution in [2.45, 2.75) is 19.6 Å². The summed E-state index contributed by atoms with van der Waals surface area (Å²) in [5.74, 6) is 0. The van der Waals surface area contributed by atoms with E-state index in [2.05, 4.69) is 6.58 Å². The van der Waals surface area contributed by atoms with Crippen molar-refractivity contribution in [3.63, 3.8) is 0 Å². The summed E-state index contributed by atoms with van der Waals surface area (Å²) < 4.78 is 10.2. The van der Waals surface area contributed by atoms with E-state index in [0.717, 1.165) is 6.42 Å². The van der Waals surface area contributed by atoms with Gasteiger partial charge in [0.05, 0.1) is 25.2 Å². The van der Waals surface area contributed by atoms with Gasteiger partial charge in [-0.15, -0.1) is 6.58 Å². The predicted molar refractivity (Wildman–Crippen MR) is 45.7 cm³/mol. The zero-order chi connectivity index (χ0) is 9.03. The Balaban J connectivity index is 2.30. The molecule has 1 N–H and O–H groups in total. The standard InChI is InChI=1S/C9H16O3/c1-3-5-11-6-9(4-2)7-12-8(9)10/h3,8,10H,1,4-7H2,2H3. The van der Waals surface area contributed by atoms with Crippen LogP contribution >= 0.6 is 0 Å². The van der Waals surface area contributed by atoms with E-state index >= 15 is 0 Å².